The van der Waals surface area contributed by atoms with Gasteiger partial charge < -0.3 is 14.3 Å². The number of carboxylic acids is 1. The molecule has 0 saturated carbocycles. The van der Waals surface area contributed by atoms with Gasteiger partial charge in [0.15, 0.2) is 12.1 Å². The average Bonchev–Trinajstić information content (AvgIpc) is 3.39. The Bertz CT molecular complexity index is 1190. The van der Waals surface area contributed by atoms with Crippen LogP contribution in [0.25, 0.3) is 10.9 Å². The second-order valence-electron chi connectivity index (χ2n) is 8.98. The lowest BCUT2D eigenvalue weighted by Crippen LogP contribution is -2.41. The number of benzene rings is 1. The highest BCUT2D eigenvalue weighted by atomic mass is 19.1. The third-order valence-corrected chi connectivity index (χ3v) is 6.77. The van der Waals surface area contributed by atoms with E-state index in [0.717, 1.165) is 30.4 Å². The van der Waals surface area contributed by atoms with E-state index in [1.54, 1.807) is 19.4 Å². The predicted octanol–water partition coefficient (Wildman–Crippen LogP) is 4.88. The van der Waals surface area contributed by atoms with Crippen molar-refractivity contribution >= 4 is 16.9 Å². The number of aromatic nitrogens is 2. The van der Waals surface area contributed by atoms with Crippen molar-refractivity contribution in [1.29, 1.82) is 0 Å². The summed E-state index contributed by atoms with van der Waals surface area (Å²) in [5.74, 6) is 6.43. The number of hydrogen-bond acceptors (Lipinski definition) is 6. The Morgan fingerprint density at radius 3 is 2.97 bits per heavy atom. The van der Waals surface area contributed by atoms with E-state index in [1.165, 1.54) is 12.7 Å². The third-order valence-electron chi connectivity index (χ3n) is 6.77. The smallest absolute Gasteiger partial charge is 0.303 e. The largest absolute Gasteiger partial charge is 0.497 e. The first-order valence-corrected chi connectivity index (χ1v) is 11.9. The average molecular weight is 480 g/mol. The maximum atomic E-state index is 15.5. The second-order valence-corrected chi connectivity index (χ2v) is 8.98. The van der Waals surface area contributed by atoms with Crippen LogP contribution in [-0.2, 0) is 4.79 Å². The van der Waals surface area contributed by atoms with E-state index in [-0.39, 0.29) is 18.3 Å². The summed E-state index contributed by atoms with van der Waals surface area (Å²) in [6, 6.07) is 7.24. The van der Waals surface area contributed by atoms with Gasteiger partial charge >= 0.3 is 5.97 Å². The maximum absolute atomic E-state index is 15.5. The zero-order valence-corrected chi connectivity index (χ0v) is 19.8. The highest BCUT2D eigenvalue weighted by Crippen LogP contribution is 2.36. The van der Waals surface area contributed by atoms with Crippen LogP contribution in [0.15, 0.2) is 47.5 Å². The number of hydrogen-bond donors (Lipinski definition) is 1. The Kier molecular flexibility index (Phi) is 8.32. The number of alkyl halides is 1. The summed E-state index contributed by atoms with van der Waals surface area (Å²) in [5, 5.41) is 9.99. The molecule has 3 heterocycles. The molecule has 4 rings (SSSR count). The summed E-state index contributed by atoms with van der Waals surface area (Å²) in [4.78, 5) is 21.8. The zero-order chi connectivity index (χ0) is 24.6. The number of nitrogens with zero attached hydrogens (tertiary/aromatic N) is 3. The Hall–Kier alpha value is -3.44. The first kappa shape index (κ1) is 24.7. The summed E-state index contributed by atoms with van der Waals surface area (Å²) in [5.41, 5.74) is 1.96. The monoisotopic (exact) mass is 479 g/mol. The molecule has 1 aromatic carbocycles. The van der Waals surface area contributed by atoms with E-state index in [1.807, 2.05) is 18.2 Å². The molecule has 1 N–H and O–H groups in total. The van der Waals surface area contributed by atoms with Crippen LogP contribution < -0.4 is 4.74 Å². The molecular weight excluding hydrogens is 449 g/mol. The van der Waals surface area contributed by atoms with Gasteiger partial charge in [-0.15, -0.1) is 0 Å². The first-order chi connectivity index (χ1) is 17.0. The summed E-state index contributed by atoms with van der Waals surface area (Å²) in [7, 11) is 1.59. The molecule has 3 aromatic rings. The minimum absolute atomic E-state index is 0.119. The molecular formula is C27H30FN3O4. The van der Waals surface area contributed by atoms with Gasteiger partial charge in [0.2, 0.25) is 0 Å². The van der Waals surface area contributed by atoms with Crippen molar-refractivity contribution in [2.75, 3.05) is 26.7 Å². The van der Waals surface area contributed by atoms with Crippen LogP contribution in [0.3, 0.4) is 0 Å². The Balaban J connectivity index is 1.39. The number of oxazole rings is 1. The van der Waals surface area contributed by atoms with Crippen LogP contribution in [0, 0.1) is 23.7 Å². The van der Waals surface area contributed by atoms with Crippen molar-refractivity contribution in [3.05, 3.63) is 54.4 Å². The summed E-state index contributed by atoms with van der Waals surface area (Å²) < 4.78 is 25.7. The van der Waals surface area contributed by atoms with E-state index in [0.29, 0.717) is 42.8 Å². The van der Waals surface area contributed by atoms with Crippen LogP contribution in [0.1, 0.15) is 49.5 Å². The number of carbonyl (C=O) groups is 1. The molecule has 1 unspecified atom stereocenters. The third kappa shape index (κ3) is 6.58. The number of halogens is 1. The number of piperidine rings is 1. The van der Waals surface area contributed by atoms with Crippen molar-refractivity contribution < 1.29 is 23.4 Å². The number of likely N-dealkylation sites (tertiary alicyclic amines) is 1. The molecule has 0 radical (unpaired) electrons. The predicted molar refractivity (Wildman–Crippen MR) is 130 cm³/mol. The van der Waals surface area contributed by atoms with Gasteiger partial charge in [-0.3, -0.25) is 14.7 Å². The van der Waals surface area contributed by atoms with Gasteiger partial charge in [-0.1, -0.05) is 5.92 Å². The van der Waals surface area contributed by atoms with Crippen LogP contribution >= 0.6 is 0 Å². The molecule has 0 bridgehead atoms. The molecule has 184 valence electrons. The highest BCUT2D eigenvalue weighted by Gasteiger charge is 2.30. The Morgan fingerprint density at radius 2 is 2.20 bits per heavy atom. The molecule has 1 aliphatic heterocycles. The normalized spacial score (nSPS) is 19.1. The topological polar surface area (TPSA) is 88.7 Å². The fourth-order valence-electron chi connectivity index (χ4n) is 4.89. The molecule has 0 aliphatic carbocycles. The molecule has 0 amide bonds. The molecule has 1 aliphatic rings. The molecule has 1 fully saturated rings. The van der Waals surface area contributed by atoms with Gasteiger partial charge in [-0.25, -0.2) is 9.37 Å². The fraction of sp³-hybridized carbons (Fsp3) is 0.444. The molecule has 35 heavy (non-hydrogen) atoms. The number of carboxylic acid groups (broad SMARTS) is 1. The number of ether oxygens (including phenoxy) is 1. The van der Waals surface area contributed by atoms with Crippen LogP contribution in [0.5, 0.6) is 5.75 Å². The van der Waals surface area contributed by atoms with Crippen molar-refractivity contribution in [2.24, 2.45) is 11.8 Å². The van der Waals surface area contributed by atoms with Gasteiger partial charge in [-0.2, -0.15) is 0 Å². The zero-order valence-electron chi connectivity index (χ0n) is 19.8. The van der Waals surface area contributed by atoms with E-state index < -0.39 is 12.1 Å². The Labute approximate surface area is 204 Å². The number of fused-ring (bicyclic) bond motifs is 1. The van der Waals surface area contributed by atoms with E-state index in [9.17, 15) is 9.90 Å². The number of rotatable bonds is 9. The van der Waals surface area contributed by atoms with Crippen molar-refractivity contribution in [1.82, 2.24) is 14.9 Å². The first-order valence-electron chi connectivity index (χ1n) is 11.9. The number of pyridine rings is 1. The van der Waals surface area contributed by atoms with Gasteiger partial charge in [0.05, 0.1) is 19.2 Å². The molecule has 0 spiro atoms. The van der Waals surface area contributed by atoms with Crippen LogP contribution in [0.4, 0.5) is 4.39 Å². The second kappa shape index (κ2) is 11.8. The van der Waals surface area contributed by atoms with E-state index in [4.69, 9.17) is 9.15 Å². The number of aliphatic carboxylic acids is 1. The number of methoxy groups -OCH3 is 1. The lowest BCUT2D eigenvalue weighted by Gasteiger charge is -2.38. The SMILES string of the molecule is COc1ccc2nccc(C(F)CC[C@@H]3CCN(CC#Cc4cocn4)C[C@@H]3CCC(=O)O)c2c1. The van der Waals surface area contributed by atoms with Crippen LogP contribution in [-0.4, -0.2) is 52.7 Å². The minimum atomic E-state index is -1.13. The summed E-state index contributed by atoms with van der Waals surface area (Å²) in [6.45, 7) is 2.20. The molecule has 3 atom stereocenters. The highest BCUT2D eigenvalue weighted by molar-refractivity contribution is 5.83. The van der Waals surface area contributed by atoms with Gasteiger partial charge in [0.25, 0.3) is 0 Å². The molecule has 8 heteroatoms. The Morgan fingerprint density at radius 1 is 1.31 bits per heavy atom. The molecule has 7 nitrogen and oxygen atoms in total. The fourth-order valence-corrected chi connectivity index (χ4v) is 4.89. The van der Waals surface area contributed by atoms with E-state index in [2.05, 4.69) is 26.7 Å². The quantitative estimate of drug-likeness (QED) is 0.438. The lowest BCUT2D eigenvalue weighted by molar-refractivity contribution is -0.137. The molecule has 1 saturated heterocycles. The molecule has 2 aromatic heterocycles. The summed E-state index contributed by atoms with van der Waals surface area (Å²) in [6.07, 6.45) is 6.06. The van der Waals surface area contributed by atoms with E-state index >= 15 is 4.39 Å². The van der Waals surface area contributed by atoms with Gasteiger partial charge in [0, 0.05) is 24.5 Å². The lowest BCUT2D eigenvalue weighted by atomic mass is 9.79. The van der Waals surface area contributed by atoms with Crippen molar-refractivity contribution in [3.8, 4) is 17.6 Å². The van der Waals surface area contributed by atoms with Crippen molar-refractivity contribution in [2.45, 2.75) is 38.3 Å². The van der Waals surface area contributed by atoms with Gasteiger partial charge in [-0.05, 0) is 79.8 Å². The minimum Gasteiger partial charge on any atom is -0.497 e. The van der Waals surface area contributed by atoms with Crippen LogP contribution in [0.2, 0.25) is 0 Å². The summed E-state index contributed by atoms with van der Waals surface area (Å²) >= 11 is 0. The van der Waals surface area contributed by atoms with Crippen molar-refractivity contribution in [3.63, 3.8) is 0 Å². The standard InChI is InChI=1S/C27H30FN3O4/c1-34-22-6-8-26-24(15-22)23(10-12-29-26)25(28)7-4-19-11-14-31(16-20(19)5-9-27(32)33)13-2-3-21-17-35-18-30-21/h6,8,10,12,15,17-20,25H,4-5,7,9,11,13-14,16H2,1H3,(H,32,33)/t19-,20+,25?/m1/s1. The maximum Gasteiger partial charge on any atom is 0.303 e. The van der Waals surface area contributed by atoms with Gasteiger partial charge in [0.1, 0.15) is 18.2 Å².